The van der Waals surface area contributed by atoms with Gasteiger partial charge in [0.2, 0.25) is 0 Å². The van der Waals surface area contributed by atoms with Crippen molar-refractivity contribution >= 4 is 22.3 Å². The standard InChI is InChI=1S/C24H21N5/c1-17(26-13-7-12-25)21-10-6-11-22(28-21)20-14-19-15-23(29-24(19)27-16-20)18-8-4-2-3-5-9-18/h2,4-6,8-11,14-16,26H,1,3,7,13H2,(H,27,29). The molecular formula is C24H21N5. The van der Waals surface area contributed by atoms with Gasteiger partial charge in [-0.15, -0.1) is 0 Å². The quantitative estimate of drug-likeness (QED) is 0.591. The van der Waals surface area contributed by atoms with Gasteiger partial charge in [-0.1, -0.05) is 43.0 Å². The summed E-state index contributed by atoms with van der Waals surface area (Å²) < 4.78 is 0. The van der Waals surface area contributed by atoms with Crippen molar-refractivity contribution in [2.75, 3.05) is 6.54 Å². The SMILES string of the molecule is C=C(NCCC#N)c1cccc(-c2cnc3[nH]c(C4=CC=CCC=C4)cc3c2)n1. The Bertz CT molecular complexity index is 1190. The second kappa shape index (κ2) is 8.41. The van der Waals surface area contributed by atoms with Crippen molar-refractivity contribution in [1.29, 1.82) is 5.26 Å². The number of nitrogens with one attached hydrogen (secondary N) is 2. The largest absolute Gasteiger partial charge is 0.383 e. The van der Waals surface area contributed by atoms with E-state index in [1.807, 2.05) is 24.4 Å². The molecule has 29 heavy (non-hydrogen) atoms. The third-order valence-corrected chi connectivity index (χ3v) is 4.69. The molecule has 0 fully saturated rings. The van der Waals surface area contributed by atoms with Crippen LogP contribution in [-0.2, 0) is 0 Å². The van der Waals surface area contributed by atoms with Crippen LogP contribution < -0.4 is 5.32 Å². The predicted molar refractivity (Wildman–Crippen MR) is 117 cm³/mol. The number of hydrogen-bond donors (Lipinski definition) is 2. The van der Waals surface area contributed by atoms with Gasteiger partial charge in [0.05, 0.1) is 29.6 Å². The van der Waals surface area contributed by atoms with Crippen LogP contribution in [0.3, 0.4) is 0 Å². The lowest BCUT2D eigenvalue weighted by Crippen LogP contribution is -2.13. The minimum Gasteiger partial charge on any atom is -0.383 e. The molecule has 1 aliphatic rings. The van der Waals surface area contributed by atoms with Crippen LogP contribution in [0.2, 0.25) is 0 Å². The molecule has 4 rings (SSSR count). The molecule has 142 valence electrons. The molecule has 0 atom stereocenters. The summed E-state index contributed by atoms with van der Waals surface area (Å²) in [5.74, 6) is 0. The molecule has 0 aliphatic heterocycles. The van der Waals surface area contributed by atoms with Crippen LogP contribution in [0.25, 0.3) is 33.6 Å². The minimum atomic E-state index is 0.427. The summed E-state index contributed by atoms with van der Waals surface area (Å²) in [5, 5.41) is 12.8. The van der Waals surface area contributed by atoms with E-state index in [1.54, 1.807) is 0 Å². The van der Waals surface area contributed by atoms with Crippen LogP contribution >= 0.6 is 0 Å². The fourth-order valence-corrected chi connectivity index (χ4v) is 3.19. The lowest BCUT2D eigenvalue weighted by molar-refractivity contribution is 0.872. The molecule has 2 N–H and O–H groups in total. The number of aromatic amines is 1. The van der Waals surface area contributed by atoms with Crippen molar-refractivity contribution in [2.24, 2.45) is 0 Å². The number of hydrogen-bond acceptors (Lipinski definition) is 4. The molecule has 0 saturated carbocycles. The van der Waals surface area contributed by atoms with Crippen LogP contribution in [0.15, 0.2) is 73.5 Å². The Morgan fingerprint density at radius 3 is 3.10 bits per heavy atom. The highest BCUT2D eigenvalue weighted by molar-refractivity contribution is 5.87. The monoisotopic (exact) mass is 379 g/mol. The van der Waals surface area contributed by atoms with E-state index >= 15 is 0 Å². The zero-order valence-electron chi connectivity index (χ0n) is 16.0. The summed E-state index contributed by atoms with van der Waals surface area (Å²) in [6.45, 7) is 4.58. The fraction of sp³-hybridized carbons (Fsp3) is 0.125. The Hall–Kier alpha value is -3.91. The van der Waals surface area contributed by atoms with Gasteiger partial charge in [-0.05, 0) is 36.3 Å². The first kappa shape index (κ1) is 18.5. The lowest BCUT2D eigenvalue weighted by atomic mass is 10.1. The van der Waals surface area contributed by atoms with E-state index in [2.05, 4.69) is 70.4 Å². The van der Waals surface area contributed by atoms with E-state index in [0.717, 1.165) is 45.7 Å². The van der Waals surface area contributed by atoms with Gasteiger partial charge >= 0.3 is 0 Å². The maximum atomic E-state index is 8.67. The molecule has 3 heterocycles. The second-order valence-electron chi connectivity index (χ2n) is 6.75. The van der Waals surface area contributed by atoms with E-state index in [-0.39, 0.29) is 0 Å². The van der Waals surface area contributed by atoms with Gasteiger partial charge in [0.1, 0.15) is 5.65 Å². The van der Waals surface area contributed by atoms with Gasteiger partial charge in [-0.2, -0.15) is 5.26 Å². The van der Waals surface area contributed by atoms with Crippen molar-refractivity contribution in [2.45, 2.75) is 12.8 Å². The number of H-pyrrole nitrogens is 1. The molecule has 0 aromatic carbocycles. The van der Waals surface area contributed by atoms with Gasteiger partial charge in [0, 0.05) is 29.4 Å². The van der Waals surface area contributed by atoms with E-state index in [1.165, 1.54) is 0 Å². The molecule has 0 bridgehead atoms. The Morgan fingerprint density at radius 2 is 2.21 bits per heavy atom. The summed E-state index contributed by atoms with van der Waals surface area (Å²) in [4.78, 5) is 12.7. The van der Waals surface area contributed by atoms with Crippen LogP contribution in [0.4, 0.5) is 0 Å². The molecule has 5 nitrogen and oxygen atoms in total. The smallest absolute Gasteiger partial charge is 0.137 e. The van der Waals surface area contributed by atoms with E-state index in [9.17, 15) is 0 Å². The predicted octanol–water partition coefficient (Wildman–Crippen LogP) is 5.00. The van der Waals surface area contributed by atoms with E-state index in [0.29, 0.717) is 18.7 Å². The normalized spacial score (nSPS) is 13.0. The van der Waals surface area contributed by atoms with Crippen molar-refractivity contribution in [3.8, 4) is 17.3 Å². The van der Waals surface area contributed by atoms with Gasteiger partial charge in [-0.3, -0.25) is 0 Å². The Balaban J connectivity index is 1.62. The van der Waals surface area contributed by atoms with Gasteiger partial charge in [-0.25, -0.2) is 9.97 Å². The summed E-state index contributed by atoms with van der Waals surface area (Å²) in [6, 6.07) is 12.1. The topological polar surface area (TPSA) is 77.4 Å². The molecule has 3 aromatic rings. The minimum absolute atomic E-state index is 0.427. The average Bonchev–Trinajstić information content (AvgIpc) is 2.98. The van der Waals surface area contributed by atoms with Crippen molar-refractivity contribution in [3.63, 3.8) is 0 Å². The molecule has 0 unspecified atom stereocenters. The van der Waals surface area contributed by atoms with Gasteiger partial charge < -0.3 is 10.3 Å². The fourth-order valence-electron chi connectivity index (χ4n) is 3.19. The Kier molecular flexibility index (Phi) is 5.35. The van der Waals surface area contributed by atoms with Crippen molar-refractivity contribution in [3.05, 3.63) is 84.9 Å². The lowest BCUT2D eigenvalue weighted by Gasteiger charge is -2.09. The van der Waals surface area contributed by atoms with E-state index < -0.39 is 0 Å². The molecule has 5 heteroatoms. The molecule has 1 aliphatic carbocycles. The maximum Gasteiger partial charge on any atom is 0.137 e. The molecule has 3 aromatic heterocycles. The molecule has 0 spiro atoms. The highest BCUT2D eigenvalue weighted by atomic mass is 14.9. The molecule has 0 amide bonds. The third-order valence-electron chi connectivity index (χ3n) is 4.69. The van der Waals surface area contributed by atoms with Gasteiger partial charge in [0.15, 0.2) is 0 Å². The van der Waals surface area contributed by atoms with Crippen LogP contribution in [0.5, 0.6) is 0 Å². The number of nitrogens with zero attached hydrogens (tertiary/aromatic N) is 3. The first-order chi connectivity index (χ1) is 14.2. The van der Waals surface area contributed by atoms with Crippen molar-refractivity contribution in [1.82, 2.24) is 20.3 Å². The van der Waals surface area contributed by atoms with Crippen LogP contribution in [0.1, 0.15) is 24.2 Å². The Labute approximate surface area is 169 Å². The highest BCUT2D eigenvalue weighted by Gasteiger charge is 2.09. The summed E-state index contributed by atoms with van der Waals surface area (Å²) >= 11 is 0. The number of rotatable bonds is 6. The zero-order chi connectivity index (χ0) is 20.1. The number of aromatic nitrogens is 3. The first-order valence-electron chi connectivity index (χ1n) is 9.54. The van der Waals surface area contributed by atoms with Gasteiger partial charge in [0.25, 0.3) is 0 Å². The molecule has 0 radical (unpaired) electrons. The number of fused-ring (bicyclic) bond motifs is 1. The first-order valence-corrected chi connectivity index (χ1v) is 9.54. The van der Waals surface area contributed by atoms with Crippen molar-refractivity contribution < 1.29 is 0 Å². The van der Waals surface area contributed by atoms with Crippen LogP contribution in [-0.4, -0.2) is 21.5 Å². The second-order valence-corrected chi connectivity index (χ2v) is 6.75. The number of nitriles is 1. The maximum absolute atomic E-state index is 8.67. The average molecular weight is 379 g/mol. The zero-order valence-corrected chi connectivity index (χ0v) is 16.0. The van der Waals surface area contributed by atoms with E-state index in [4.69, 9.17) is 10.2 Å². The third kappa shape index (κ3) is 4.17. The summed E-state index contributed by atoms with van der Waals surface area (Å²) in [6.07, 6.45) is 13.8. The summed E-state index contributed by atoms with van der Waals surface area (Å²) in [7, 11) is 0. The number of allylic oxidation sites excluding steroid dienone is 6. The highest BCUT2D eigenvalue weighted by Crippen LogP contribution is 2.26. The van der Waals surface area contributed by atoms with Crippen LogP contribution in [0, 0.1) is 11.3 Å². The number of pyridine rings is 2. The Morgan fingerprint density at radius 1 is 1.28 bits per heavy atom. The summed E-state index contributed by atoms with van der Waals surface area (Å²) in [5.41, 5.74) is 6.28. The molecule has 0 saturated heterocycles. The molecular weight excluding hydrogens is 358 g/mol.